The molecule has 0 aromatic heterocycles. The molecule has 1 N–H and O–H groups in total. The van der Waals surface area contributed by atoms with Crippen molar-refractivity contribution in [1.29, 1.82) is 0 Å². The number of rotatable bonds is 11. The number of aliphatic hydroxyl groups excluding tert-OH is 1. The predicted octanol–water partition coefficient (Wildman–Crippen LogP) is 6.18. The molecule has 0 aliphatic heterocycles. The van der Waals surface area contributed by atoms with Crippen molar-refractivity contribution < 1.29 is 27.8 Å². The summed E-state index contributed by atoms with van der Waals surface area (Å²) in [5.41, 5.74) is 0.0383. The van der Waals surface area contributed by atoms with Crippen LogP contribution in [0, 0.1) is 23.2 Å². The standard InChI is InChI=1S/C24H44F2O4Si/c1-7-29-22(28)24(25,26)21(27)16-17(5)18-13-14-19-20(12-11-15-23(18,19)6)30-31(8-2,9-3)10-4/h17-21,27H,7-16H2,1-6H3/t17?,18-,19+,20+,21?,23-/m1/s1. The molecule has 2 rings (SSSR count). The first-order valence-electron chi connectivity index (χ1n) is 12.4. The molecule has 0 aromatic carbocycles. The van der Waals surface area contributed by atoms with Crippen molar-refractivity contribution in [3.05, 3.63) is 0 Å². The fourth-order valence-electron chi connectivity index (χ4n) is 6.58. The van der Waals surface area contributed by atoms with Crippen molar-refractivity contribution in [2.75, 3.05) is 6.61 Å². The second kappa shape index (κ2) is 10.6. The van der Waals surface area contributed by atoms with Crippen LogP contribution in [0.25, 0.3) is 0 Å². The number of fused-ring (bicyclic) bond motifs is 1. The van der Waals surface area contributed by atoms with Gasteiger partial charge in [-0.15, -0.1) is 0 Å². The highest BCUT2D eigenvalue weighted by molar-refractivity contribution is 6.73. The molecule has 0 spiro atoms. The maximum atomic E-state index is 14.3. The van der Waals surface area contributed by atoms with E-state index in [0.717, 1.165) is 50.2 Å². The van der Waals surface area contributed by atoms with Crippen molar-refractivity contribution in [1.82, 2.24) is 0 Å². The maximum Gasteiger partial charge on any atom is 0.379 e. The molecule has 6 atom stereocenters. The molecule has 0 radical (unpaired) electrons. The second-order valence-corrected chi connectivity index (χ2v) is 14.9. The Hall–Kier alpha value is -0.533. The molecule has 0 heterocycles. The molecule has 2 unspecified atom stereocenters. The Balaban J connectivity index is 2.12. The second-order valence-electron chi connectivity index (χ2n) is 10.2. The van der Waals surface area contributed by atoms with Gasteiger partial charge < -0.3 is 14.3 Å². The van der Waals surface area contributed by atoms with Gasteiger partial charge in [0.15, 0.2) is 8.32 Å². The van der Waals surface area contributed by atoms with Crippen LogP contribution in [-0.2, 0) is 14.0 Å². The van der Waals surface area contributed by atoms with Crippen LogP contribution in [0.15, 0.2) is 0 Å². The number of ether oxygens (including phenoxy) is 1. The topological polar surface area (TPSA) is 55.8 Å². The average Bonchev–Trinajstić information content (AvgIpc) is 3.10. The number of carbonyl (C=O) groups is 1. The van der Waals surface area contributed by atoms with Crippen molar-refractivity contribution in [3.8, 4) is 0 Å². The molecule has 2 saturated carbocycles. The molecular weight excluding hydrogens is 418 g/mol. The van der Waals surface area contributed by atoms with Crippen LogP contribution in [0.2, 0.25) is 18.1 Å². The first kappa shape index (κ1) is 26.7. The Morgan fingerprint density at radius 1 is 1.16 bits per heavy atom. The summed E-state index contributed by atoms with van der Waals surface area (Å²) in [4.78, 5) is 11.6. The molecule has 0 aromatic rings. The van der Waals surface area contributed by atoms with E-state index in [1.165, 1.54) is 6.92 Å². The number of halogens is 2. The third-order valence-corrected chi connectivity index (χ3v) is 13.4. The van der Waals surface area contributed by atoms with E-state index in [-0.39, 0.29) is 36.4 Å². The van der Waals surface area contributed by atoms with Gasteiger partial charge in [0.1, 0.15) is 6.10 Å². The van der Waals surface area contributed by atoms with Gasteiger partial charge in [0.25, 0.3) is 0 Å². The van der Waals surface area contributed by atoms with Crippen molar-refractivity contribution >= 4 is 14.3 Å². The number of carbonyl (C=O) groups excluding carboxylic acids is 1. The maximum absolute atomic E-state index is 14.3. The lowest BCUT2D eigenvalue weighted by Crippen LogP contribution is -2.49. The van der Waals surface area contributed by atoms with Gasteiger partial charge in [0.05, 0.1) is 6.61 Å². The van der Waals surface area contributed by atoms with Gasteiger partial charge in [-0.1, -0.05) is 41.0 Å². The van der Waals surface area contributed by atoms with E-state index in [0.29, 0.717) is 5.92 Å². The zero-order valence-corrected chi connectivity index (χ0v) is 21.4. The lowest BCUT2D eigenvalue weighted by Gasteiger charge is -2.49. The summed E-state index contributed by atoms with van der Waals surface area (Å²) in [6, 6.07) is 3.40. The van der Waals surface area contributed by atoms with Crippen LogP contribution in [0.3, 0.4) is 0 Å². The summed E-state index contributed by atoms with van der Waals surface area (Å²) >= 11 is 0. The van der Waals surface area contributed by atoms with Crippen molar-refractivity contribution in [3.63, 3.8) is 0 Å². The van der Waals surface area contributed by atoms with Crippen LogP contribution < -0.4 is 0 Å². The molecule has 4 nitrogen and oxygen atoms in total. The Morgan fingerprint density at radius 3 is 2.32 bits per heavy atom. The summed E-state index contributed by atoms with van der Waals surface area (Å²) in [6.07, 6.45) is 3.47. The highest BCUT2D eigenvalue weighted by Gasteiger charge is 2.55. The van der Waals surface area contributed by atoms with E-state index in [9.17, 15) is 18.7 Å². The monoisotopic (exact) mass is 462 g/mol. The van der Waals surface area contributed by atoms with Gasteiger partial charge in [-0.3, -0.25) is 0 Å². The number of esters is 1. The third-order valence-electron chi connectivity index (χ3n) is 8.72. The Kier molecular flexibility index (Phi) is 9.13. The predicted molar refractivity (Wildman–Crippen MR) is 122 cm³/mol. The number of hydrogen-bond donors (Lipinski definition) is 1. The van der Waals surface area contributed by atoms with Gasteiger partial charge in [-0.05, 0) is 80.3 Å². The van der Waals surface area contributed by atoms with E-state index in [2.05, 4.69) is 32.4 Å². The minimum atomic E-state index is -3.87. The number of hydrogen-bond acceptors (Lipinski definition) is 4. The lowest BCUT2D eigenvalue weighted by atomic mass is 9.61. The fourth-order valence-corrected chi connectivity index (χ4v) is 9.51. The SMILES string of the molecule is CCOC(=O)C(F)(F)C(O)CC(C)[C@H]1CC[C@H]2[C@@H](O[Si](CC)(CC)CC)CCC[C@]12C. The summed E-state index contributed by atoms with van der Waals surface area (Å²) in [5, 5.41) is 10.2. The van der Waals surface area contributed by atoms with Crippen LogP contribution >= 0.6 is 0 Å². The summed E-state index contributed by atoms with van der Waals surface area (Å²) < 4.78 is 40.0. The van der Waals surface area contributed by atoms with Gasteiger partial charge >= 0.3 is 11.9 Å². The first-order chi connectivity index (χ1) is 14.5. The Bertz CT molecular complexity index is 590. The van der Waals surface area contributed by atoms with E-state index in [4.69, 9.17) is 4.43 Å². The van der Waals surface area contributed by atoms with Gasteiger partial charge in [-0.2, -0.15) is 8.78 Å². The van der Waals surface area contributed by atoms with Gasteiger partial charge in [0, 0.05) is 6.10 Å². The first-order valence-corrected chi connectivity index (χ1v) is 14.9. The molecule has 0 saturated heterocycles. The molecule has 2 aliphatic rings. The van der Waals surface area contributed by atoms with Crippen molar-refractivity contribution in [2.45, 2.75) is 116 Å². The van der Waals surface area contributed by atoms with Gasteiger partial charge in [-0.25, -0.2) is 4.79 Å². The molecule has 31 heavy (non-hydrogen) atoms. The van der Waals surface area contributed by atoms with E-state index in [1.54, 1.807) is 0 Å². The van der Waals surface area contributed by atoms with E-state index >= 15 is 0 Å². The zero-order chi connectivity index (χ0) is 23.4. The molecule has 0 bridgehead atoms. The highest BCUT2D eigenvalue weighted by Crippen LogP contribution is 2.59. The van der Waals surface area contributed by atoms with E-state index in [1.807, 2.05) is 6.92 Å². The lowest BCUT2D eigenvalue weighted by molar-refractivity contribution is -0.190. The molecule has 2 aliphatic carbocycles. The fraction of sp³-hybridized carbons (Fsp3) is 0.958. The van der Waals surface area contributed by atoms with Gasteiger partial charge in [0.2, 0.25) is 0 Å². The molecule has 182 valence electrons. The Labute approximate surface area is 188 Å². The zero-order valence-electron chi connectivity index (χ0n) is 20.4. The minimum Gasteiger partial charge on any atom is -0.461 e. The number of aliphatic hydroxyl groups is 1. The van der Waals surface area contributed by atoms with E-state index < -0.39 is 26.3 Å². The summed E-state index contributed by atoms with van der Waals surface area (Å²) in [5.74, 6) is -4.90. The quantitative estimate of drug-likeness (QED) is 0.294. The minimum absolute atomic E-state index is 0.0383. The third kappa shape index (κ3) is 5.35. The molecule has 2 fully saturated rings. The Morgan fingerprint density at radius 2 is 1.77 bits per heavy atom. The largest absolute Gasteiger partial charge is 0.461 e. The average molecular weight is 463 g/mol. The highest BCUT2D eigenvalue weighted by atomic mass is 28.4. The van der Waals surface area contributed by atoms with Crippen LogP contribution in [0.5, 0.6) is 0 Å². The summed E-state index contributed by atoms with van der Waals surface area (Å²) in [7, 11) is -1.71. The number of alkyl halides is 2. The molecule has 7 heteroatoms. The molecular formula is C24H44F2O4Si. The van der Waals surface area contributed by atoms with Crippen LogP contribution in [-0.4, -0.2) is 44.1 Å². The smallest absolute Gasteiger partial charge is 0.379 e. The van der Waals surface area contributed by atoms with Crippen molar-refractivity contribution in [2.24, 2.45) is 23.2 Å². The normalized spacial score (nSPS) is 31.2. The van der Waals surface area contributed by atoms with Crippen LogP contribution in [0.1, 0.15) is 80.1 Å². The molecule has 0 amide bonds. The van der Waals surface area contributed by atoms with Crippen LogP contribution in [0.4, 0.5) is 8.78 Å². The summed E-state index contributed by atoms with van der Waals surface area (Å²) in [6.45, 7) is 12.4.